The average Bonchev–Trinajstić information content (AvgIpc) is 2.62. The highest BCUT2D eigenvalue weighted by atomic mass is 19.1. The topological polar surface area (TPSA) is 81.3 Å². The normalized spacial score (nSPS) is 17.5. The number of carbonyl (C=O) groups is 1. The van der Waals surface area contributed by atoms with Gasteiger partial charge in [-0.05, 0) is 37.0 Å². The van der Waals surface area contributed by atoms with E-state index in [1.54, 1.807) is 23.2 Å². The second-order valence-corrected chi connectivity index (χ2v) is 6.07. The van der Waals surface area contributed by atoms with Crippen LogP contribution in [-0.2, 0) is 9.53 Å². The lowest BCUT2D eigenvalue weighted by Crippen LogP contribution is -2.41. The fourth-order valence-corrected chi connectivity index (χ4v) is 3.26. The zero-order valence-corrected chi connectivity index (χ0v) is 14.1. The summed E-state index contributed by atoms with van der Waals surface area (Å²) in [5, 5.41) is 0. The molecule has 0 saturated carbocycles. The van der Waals surface area contributed by atoms with Gasteiger partial charge in [0.2, 0.25) is 11.9 Å². The van der Waals surface area contributed by atoms with E-state index in [1.165, 1.54) is 19.2 Å². The molecule has 0 unspecified atom stereocenters. The van der Waals surface area contributed by atoms with Gasteiger partial charge in [0.1, 0.15) is 12.4 Å². The molecular formula is C18H21FN4O2. The number of carbonyl (C=O) groups excluding carboxylic acids is 1. The van der Waals surface area contributed by atoms with Gasteiger partial charge in [-0.2, -0.15) is 0 Å². The number of likely N-dealkylation sites (tertiary alicyclic amines) is 1. The molecule has 132 valence electrons. The SMILES string of the molecule is COCC(=O)N1CCCC[C@@H]1c1nc(N)ncc1-c1cccc(F)c1. The van der Waals surface area contributed by atoms with Crippen molar-refractivity contribution in [1.29, 1.82) is 0 Å². The smallest absolute Gasteiger partial charge is 0.249 e. The van der Waals surface area contributed by atoms with Gasteiger partial charge >= 0.3 is 0 Å². The Kier molecular flexibility index (Phi) is 5.23. The highest BCUT2D eigenvalue weighted by molar-refractivity contribution is 5.78. The summed E-state index contributed by atoms with van der Waals surface area (Å²) in [5.41, 5.74) is 7.81. The first-order valence-corrected chi connectivity index (χ1v) is 8.27. The Bertz CT molecular complexity index is 768. The van der Waals surface area contributed by atoms with Crippen LogP contribution in [0.15, 0.2) is 30.5 Å². The van der Waals surface area contributed by atoms with E-state index in [9.17, 15) is 9.18 Å². The van der Waals surface area contributed by atoms with Gasteiger partial charge in [0.15, 0.2) is 0 Å². The van der Waals surface area contributed by atoms with Crippen molar-refractivity contribution in [1.82, 2.24) is 14.9 Å². The summed E-state index contributed by atoms with van der Waals surface area (Å²) < 4.78 is 18.7. The first kappa shape index (κ1) is 17.3. The highest BCUT2D eigenvalue weighted by Crippen LogP contribution is 2.36. The number of piperidine rings is 1. The molecular weight excluding hydrogens is 323 g/mol. The van der Waals surface area contributed by atoms with Crippen molar-refractivity contribution in [2.24, 2.45) is 0 Å². The van der Waals surface area contributed by atoms with Crippen LogP contribution in [0.5, 0.6) is 0 Å². The molecule has 1 saturated heterocycles. The Morgan fingerprint density at radius 1 is 1.44 bits per heavy atom. The van der Waals surface area contributed by atoms with Crippen LogP contribution in [0.25, 0.3) is 11.1 Å². The molecule has 7 heteroatoms. The fourth-order valence-electron chi connectivity index (χ4n) is 3.26. The van der Waals surface area contributed by atoms with Gasteiger partial charge < -0.3 is 15.4 Å². The van der Waals surface area contributed by atoms with E-state index in [0.29, 0.717) is 23.4 Å². The molecule has 3 rings (SSSR count). The first-order valence-electron chi connectivity index (χ1n) is 8.27. The number of hydrogen-bond donors (Lipinski definition) is 1. The number of nitrogen functional groups attached to an aromatic ring is 1. The number of nitrogens with zero attached hydrogens (tertiary/aromatic N) is 3. The molecule has 0 radical (unpaired) electrons. The van der Waals surface area contributed by atoms with Gasteiger partial charge in [-0.15, -0.1) is 0 Å². The van der Waals surface area contributed by atoms with Gasteiger partial charge in [0.05, 0.1) is 11.7 Å². The molecule has 1 atom stereocenters. The van der Waals surface area contributed by atoms with Gasteiger partial charge in [-0.1, -0.05) is 12.1 Å². The van der Waals surface area contributed by atoms with Crippen LogP contribution in [0, 0.1) is 5.82 Å². The Morgan fingerprint density at radius 2 is 2.28 bits per heavy atom. The molecule has 1 aliphatic heterocycles. The molecule has 1 amide bonds. The molecule has 2 N–H and O–H groups in total. The molecule has 1 aromatic heterocycles. The van der Waals surface area contributed by atoms with Crippen molar-refractivity contribution in [3.63, 3.8) is 0 Å². The second kappa shape index (κ2) is 7.57. The minimum absolute atomic E-state index is 0.0202. The quantitative estimate of drug-likeness (QED) is 0.922. The van der Waals surface area contributed by atoms with Crippen molar-refractivity contribution in [3.8, 4) is 11.1 Å². The van der Waals surface area contributed by atoms with Gasteiger partial charge in [0, 0.05) is 25.4 Å². The van der Waals surface area contributed by atoms with Crippen molar-refractivity contribution in [2.45, 2.75) is 25.3 Å². The maximum absolute atomic E-state index is 13.7. The number of benzene rings is 1. The van der Waals surface area contributed by atoms with E-state index in [-0.39, 0.29) is 30.3 Å². The Labute approximate surface area is 145 Å². The zero-order chi connectivity index (χ0) is 17.8. The van der Waals surface area contributed by atoms with Crippen molar-refractivity contribution in [3.05, 3.63) is 42.0 Å². The maximum Gasteiger partial charge on any atom is 0.249 e. The molecule has 6 nitrogen and oxygen atoms in total. The number of nitrogens with two attached hydrogens (primary N) is 1. The summed E-state index contributed by atoms with van der Waals surface area (Å²) in [7, 11) is 1.50. The van der Waals surface area contributed by atoms with Crippen molar-refractivity contribution in [2.75, 3.05) is 26.0 Å². The Morgan fingerprint density at radius 3 is 3.04 bits per heavy atom. The van der Waals surface area contributed by atoms with Crippen LogP contribution >= 0.6 is 0 Å². The maximum atomic E-state index is 13.7. The minimum Gasteiger partial charge on any atom is -0.375 e. The molecule has 0 bridgehead atoms. The average molecular weight is 344 g/mol. The van der Waals surface area contributed by atoms with Gasteiger partial charge in [0.25, 0.3) is 0 Å². The lowest BCUT2D eigenvalue weighted by molar-refractivity contribution is -0.139. The molecule has 25 heavy (non-hydrogen) atoms. The van der Waals surface area contributed by atoms with Gasteiger partial charge in [-0.3, -0.25) is 4.79 Å². The van der Waals surface area contributed by atoms with Crippen molar-refractivity contribution < 1.29 is 13.9 Å². The van der Waals surface area contributed by atoms with Crippen LogP contribution in [0.3, 0.4) is 0 Å². The number of hydrogen-bond acceptors (Lipinski definition) is 5. The van der Waals surface area contributed by atoms with Crippen LogP contribution in [0.4, 0.5) is 10.3 Å². The number of ether oxygens (including phenoxy) is 1. The standard InChI is InChI=1S/C18H21FN4O2/c1-25-11-16(24)23-8-3-2-7-15(23)17-14(10-21-18(20)22-17)12-5-4-6-13(19)9-12/h4-6,9-10,15H,2-3,7-8,11H2,1H3,(H2,20,21,22)/t15-/m1/s1. The van der Waals surface area contributed by atoms with E-state index in [1.807, 2.05) is 0 Å². The number of amides is 1. The minimum atomic E-state index is -0.337. The van der Waals surface area contributed by atoms with Gasteiger partial charge in [-0.25, -0.2) is 14.4 Å². The fraction of sp³-hybridized carbons (Fsp3) is 0.389. The lowest BCUT2D eigenvalue weighted by atomic mass is 9.93. The largest absolute Gasteiger partial charge is 0.375 e. The number of rotatable bonds is 4. The molecule has 0 aliphatic carbocycles. The van der Waals surface area contributed by atoms with Crippen molar-refractivity contribution >= 4 is 11.9 Å². The third-order valence-corrected chi connectivity index (χ3v) is 4.38. The molecule has 0 spiro atoms. The van der Waals surface area contributed by atoms with Crippen LogP contribution in [0.1, 0.15) is 31.0 Å². The zero-order valence-electron chi connectivity index (χ0n) is 14.1. The van der Waals surface area contributed by atoms with E-state index in [4.69, 9.17) is 10.5 Å². The van der Waals surface area contributed by atoms with E-state index in [0.717, 1.165) is 19.3 Å². The predicted octanol–water partition coefficient (Wildman–Crippen LogP) is 2.56. The van der Waals surface area contributed by atoms with E-state index < -0.39 is 0 Å². The molecule has 1 aliphatic rings. The summed E-state index contributed by atoms with van der Waals surface area (Å²) in [4.78, 5) is 22.7. The Hall–Kier alpha value is -2.54. The second-order valence-electron chi connectivity index (χ2n) is 6.07. The summed E-state index contributed by atoms with van der Waals surface area (Å²) in [6.07, 6.45) is 4.28. The summed E-state index contributed by atoms with van der Waals surface area (Å²) in [6.45, 7) is 0.658. The number of halogens is 1. The van der Waals surface area contributed by atoms with Crippen LogP contribution in [0.2, 0.25) is 0 Å². The third-order valence-electron chi connectivity index (χ3n) is 4.38. The lowest BCUT2D eigenvalue weighted by Gasteiger charge is -2.36. The van der Waals surface area contributed by atoms with E-state index in [2.05, 4.69) is 9.97 Å². The number of methoxy groups -OCH3 is 1. The molecule has 1 fully saturated rings. The molecule has 1 aromatic carbocycles. The third kappa shape index (κ3) is 3.76. The first-order chi connectivity index (χ1) is 12.1. The Balaban J connectivity index is 2.05. The monoisotopic (exact) mass is 344 g/mol. The molecule has 2 aromatic rings. The number of anilines is 1. The summed E-state index contributed by atoms with van der Waals surface area (Å²) in [5.74, 6) is -0.286. The van der Waals surface area contributed by atoms with Crippen LogP contribution in [-0.4, -0.2) is 41.0 Å². The molecule has 2 heterocycles. The predicted molar refractivity (Wildman–Crippen MR) is 92.0 cm³/mol. The number of aromatic nitrogens is 2. The summed E-state index contributed by atoms with van der Waals surface area (Å²) in [6, 6.07) is 6.03. The highest BCUT2D eigenvalue weighted by Gasteiger charge is 2.31. The van der Waals surface area contributed by atoms with Crippen LogP contribution < -0.4 is 5.73 Å². The van der Waals surface area contributed by atoms with E-state index >= 15 is 0 Å². The summed E-state index contributed by atoms with van der Waals surface area (Å²) >= 11 is 0.